The molecule has 294 valence electrons. The fourth-order valence-corrected chi connectivity index (χ4v) is 8.17. The zero-order chi connectivity index (χ0) is 39.2. The summed E-state index contributed by atoms with van der Waals surface area (Å²) < 4.78 is 54.4. The molecule has 4 fully saturated rings. The molecule has 2 aromatic carbocycles. The Morgan fingerprint density at radius 2 is 0.857 bits per heavy atom. The third kappa shape index (κ3) is 7.52. The SMILES string of the molecule is O=C(C(=O)N1CCCC1c1ncc(-c2ccc(-c3ccc(-c4cnc([C@@H]5CCCN5C(=O)C(=O)N5CCC(F)(F)CC5)[nH]4)cc3)cc2)[nH]1)N1CCC(F)(F)CC1. The number of likely N-dealkylation sites (tertiary alicyclic amines) is 4. The van der Waals surface area contributed by atoms with E-state index in [0.717, 1.165) is 33.6 Å². The first-order chi connectivity index (χ1) is 26.9. The van der Waals surface area contributed by atoms with Gasteiger partial charge in [0.05, 0.1) is 35.9 Å². The predicted octanol–water partition coefficient (Wildman–Crippen LogP) is 5.98. The number of amides is 4. The lowest BCUT2D eigenvalue weighted by Gasteiger charge is -2.33. The molecule has 56 heavy (non-hydrogen) atoms. The van der Waals surface area contributed by atoms with Crippen LogP contribution in [0, 0.1) is 0 Å². The standard InChI is InChI=1S/C40H42F4N8O4/c41-39(42)13-19-49(20-14-39)35(53)37(55)51-17-1-3-31(51)33-45-23-29(47-33)27-9-5-25(6-10-27)26-7-11-28(12-8-26)30-24-46-34(48-30)32-4-2-18-52(32)38(56)36(54)50-21-15-40(43,44)16-22-50/h5-12,23-24,31-32H,1-4,13-22H2,(H,45,47)(H,46,48)/t31-,32?/m0/s1. The molecule has 2 aromatic heterocycles. The number of imidazole rings is 2. The lowest BCUT2D eigenvalue weighted by atomic mass is 10.0. The normalized spacial score (nSPS) is 22.1. The monoisotopic (exact) mass is 774 g/mol. The van der Waals surface area contributed by atoms with E-state index in [9.17, 15) is 36.7 Å². The van der Waals surface area contributed by atoms with Crippen molar-refractivity contribution in [3.05, 3.63) is 72.6 Å². The molecule has 0 radical (unpaired) electrons. The summed E-state index contributed by atoms with van der Waals surface area (Å²) in [5.41, 5.74) is 5.23. The number of hydrogen-bond donors (Lipinski definition) is 2. The summed E-state index contributed by atoms with van der Waals surface area (Å²) in [5, 5.41) is 0. The number of nitrogens with one attached hydrogen (secondary N) is 2. The highest BCUT2D eigenvalue weighted by molar-refractivity contribution is 6.35. The van der Waals surface area contributed by atoms with Crippen LogP contribution in [-0.2, 0) is 19.2 Å². The van der Waals surface area contributed by atoms with E-state index in [0.29, 0.717) is 50.4 Å². The van der Waals surface area contributed by atoms with Gasteiger partial charge in [-0.15, -0.1) is 0 Å². The molecule has 1 unspecified atom stereocenters. The van der Waals surface area contributed by atoms with Crippen LogP contribution in [0.3, 0.4) is 0 Å². The maximum Gasteiger partial charge on any atom is 0.312 e. The number of hydrogen-bond acceptors (Lipinski definition) is 6. The molecule has 0 saturated carbocycles. The molecular formula is C40H42F4N8O4. The van der Waals surface area contributed by atoms with E-state index in [1.807, 2.05) is 48.5 Å². The van der Waals surface area contributed by atoms with E-state index in [2.05, 4.69) is 19.9 Å². The highest BCUT2D eigenvalue weighted by Gasteiger charge is 2.42. The molecule has 0 aliphatic carbocycles. The first kappa shape index (κ1) is 37.4. The highest BCUT2D eigenvalue weighted by Crippen LogP contribution is 2.36. The third-order valence-corrected chi connectivity index (χ3v) is 11.5. The minimum absolute atomic E-state index is 0.140. The van der Waals surface area contributed by atoms with Gasteiger partial charge in [0.25, 0.3) is 11.8 Å². The van der Waals surface area contributed by atoms with Crippen molar-refractivity contribution in [2.75, 3.05) is 39.3 Å². The van der Waals surface area contributed by atoms with Gasteiger partial charge in [0, 0.05) is 65.0 Å². The molecule has 4 amide bonds. The second-order valence-corrected chi connectivity index (χ2v) is 15.1. The number of nitrogens with zero attached hydrogens (tertiary/aromatic N) is 6. The number of carbonyl (C=O) groups is 4. The van der Waals surface area contributed by atoms with Crippen LogP contribution in [0.4, 0.5) is 17.6 Å². The Morgan fingerprint density at radius 1 is 0.518 bits per heavy atom. The fraction of sp³-hybridized carbons (Fsp3) is 0.450. The largest absolute Gasteiger partial charge is 0.340 e. The molecule has 6 heterocycles. The van der Waals surface area contributed by atoms with Crippen molar-refractivity contribution >= 4 is 23.6 Å². The average Bonchev–Trinajstić information content (AvgIpc) is 4.04. The molecular weight excluding hydrogens is 732 g/mol. The van der Waals surface area contributed by atoms with Gasteiger partial charge >= 0.3 is 23.6 Å². The number of carbonyl (C=O) groups excluding carboxylic acids is 4. The second-order valence-electron chi connectivity index (χ2n) is 15.1. The van der Waals surface area contributed by atoms with Gasteiger partial charge in [0.2, 0.25) is 0 Å². The van der Waals surface area contributed by atoms with Crippen molar-refractivity contribution < 1.29 is 36.7 Å². The number of halogens is 4. The predicted molar refractivity (Wildman–Crippen MR) is 196 cm³/mol. The van der Waals surface area contributed by atoms with Crippen LogP contribution in [0.1, 0.15) is 75.1 Å². The summed E-state index contributed by atoms with van der Waals surface area (Å²) >= 11 is 0. The molecule has 0 bridgehead atoms. The lowest BCUT2D eigenvalue weighted by molar-refractivity contribution is -0.155. The number of aromatic nitrogens is 4. The van der Waals surface area contributed by atoms with Gasteiger partial charge in [-0.2, -0.15) is 0 Å². The summed E-state index contributed by atoms with van der Waals surface area (Å²) in [6.07, 6.45) is 4.28. The topological polar surface area (TPSA) is 139 Å². The van der Waals surface area contributed by atoms with Crippen LogP contribution in [0.5, 0.6) is 0 Å². The molecule has 4 saturated heterocycles. The lowest BCUT2D eigenvalue weighted by Crippen LogP contribution is -2.49. The summed E-state index contributed by atoms with van der Waals surface area (Å²) in [6, 6.07) is 15.0. The maximum absolute atomic E-state index is 13.6. The van der Waals surface area contributed by atoms with Crippen molar-refractivity contribution in [1.29, 1.82) is 0 Å². The Morgan fingerprint density at radius 3 is 1.21 bits per heavy atom. The van der Waals surface area contributed by atoms with Gasteiger partial charge in [-0.1, -0.05) is 48.5 Å². The Balaban J connectivity index is 0.887. The summed E-state index contributed by atoms with van der Waals surface area (Å²) in [7, 11) is 0. The van der Waals surface area contributed by atoms with Gasteiger partial charge in [0.15, 0.2) is 0 Å². The van der Waals surface area contributed by atoms with Crippen LogP contribution in [0.2, 0.25) is 0 Å². The molecule has 4 aromatic rings. The second kappa shape index (κ2) is 14.8. The van der Waals surface area contributed by atoms with Crippen LogP contribution < -0.4 is 0 Å². The van der Waals surface area contributed by atoms with Gasteiger partial charge in [0.1, 0.15) is 11.6 Å². The van der Waals surface area contributed by atoms with Crippen LogP contribution >= 0.6 is 0 Å². The molecule has 12 nitrogen and oxygen atoms in total. The molecule has 4 aliphatic rings. The van der Waals surface area contributed by atoms with Crippen LogP contribution in [0.25, 0.3) is 33.6 Å². The van der Waals surface area contributed by atoms with Gasteiger partial charge in [-0.05, 0) is 47.9 Å². The fourth-order valence-electron chi connectivity index (χ4n) is 8.17. The van der Waals surface area contributed by atoms with Gasteiger partial charge in [-0.25, -0.2) is 27.5 Å². The summed E-state index contributed by atoms with van der Waals surface area (Å²) in [5.74, 6) is -7.35. The molecule has 4 aliphatic heterocycles. The van der Waals surface area contributed by atoms with Crippen LogP contribution in [0.15, 0.2) is 60.9 Å². The first-order valence-corrected chi connectivity index (χ1v) is 19.1. The Hall–Kier alpha value is -5.54. The zero-order valence-corrected chi connectivity index (χ0v) is 30.7. The smallest absolute Gasteiger partial charge is 0.312 e. The van der Waals surface area contributed by atoms with E-state index in [1.165, 1.54) is 19.6 Å². The van der Waals surface area contributed by atoms with Gasteiger partial charge in [-0.3, -0.25) is 19.2 Å². The number of rotatable bonds is 5. The molecule has 0 spiro atoms. The first-order valence-electron chi connectivity index (χ1n) is 19.1. The van der Waals surface area contributed by atoms with Crippen molar-refractivity contribution in [2.24, 2.45) is 0 Å². The van der Waals surface area contributed by atoms with Crippen molar-refractivity contribution in [1.82, 2.24) is 39.5 Å². The number of aromatic amines is 2. The quantitative estimate of drug-likeness (QED) is 0.189. The van der Waals surface area contributed by atoms with E-state index < -0.39 is 73.2 Å². The minimum atomic E-state index is -2.81. The van der Waals surface area contributed by atoms with Crippen LogP contribution in [-0.4, -0.2) is 114 Å². The van der Waals surface area contributed by atoms with E-state index in [-0.39, 0.29) is 26.2 Å². The van der Waals surface area contributed by atoms with E-state index >= 15 is 0 Å². The summed E-state index contributed by atoms with van der Waals surface area (Å²) in [6.45, 7) is 0.217. The number of piperidine rings is 2. The highest BCUT2D eigenvalue weighted by atomic mass is 19.3. The van der Waals surface area contributed by atoms with Crippen molar-refractivity contribution in [3.63, 3.8) is 0 Å². The van der Waals surface area contributed by atoms with Crippen molar-refractivity contribution in [2.45, 2.75) is 75.3 Å². The van der Waals surface area contributed by atoms with Gasteiger partial charge < -0.3 is 29.6 Å². The minimum Gasteiger partial charge on any atom is -0.340 e. The molecule has 16 heteroatoms. The Bertz CT molecular complexity index is 1950. The molecule has 2 atom stereocenters. The Labute approximate surface area is 320 Å². The number of H-pyrrole nitrogens is 2. The third-order valence-electron chi connectivity index (χ3n) is 11.5. The van der Waals surface area contributed by atoms with Crippen molar-refractivity contribution in [3.8, 4) is 33.6 Å². The zero-order valence-electron chi connectivity index (χ0n) is 30.7. The number of alkyl halides is 4. The molecule has 2 N–H and O–H groups in total. The maximum atomic E-state index is 13.6. The van der Waals surface area contributed by atoms with E-state index in [4.69, 9.17) is 0 Å². The molecule has 8 rings (SSSR count). The number of benzene rings is 2. The summed E-state index contributed by atoms with van der Waals surface area (Å²) in [4.78, 5) is 73.3. The Kier molecular flexibility index (Phi) is 9.91. The van der Waals surface area contributed by atoms with E-state index in [1.54, 1.807) is 12.4 Å². The average molecular weight is 775 g/mol.